The molecule has 0 radical (unpaired) electrons. The molecule has 0 spiro atoms. The molecule has 0 N–H and O–H groups in total. The van der Waals surface area contributed by atoms with Crippen LogP contribution in [0.1, 0.15) is 54.9 Å². The number of amides is 1. The maximum absolute atomic E-state index is 13.4. The van der Waals surface area contributed by atoms with Gasteiger partial charge in [-0.05, 0) is 51.0 Å². The molecular formula is C21H31N5O. The number of carbonyl (C=O) groups is 1. The second-order valence-electron chi connectivity index (χ2n) is 8.69. The molecule has 2 aromatic rings. The van der Waals surface area contributed by atoms with Crippen molar-refractivity contribution >= 4 is 11.6 Å². The van der Waals surface area contributed by atoms with Crippen molar-refractivity contribution < 1.29 is 4.79 Å². The fourth-order valence-corrected chi connectivity index (χ4v) is 4.33. The summed E-state index contributed by atoms with van der Waals surface area (Å²) in [6, 6.07) is 2.42. The zero-order valence-electron chi connectivity index (χ0n) is 17.0. The Morgan fingerprint density at radius 2 is 2.04 bits per heavy atom. The highest BCUT2D eigenvalue weighted by Gasteiger charge is 2.34. The van der Waals surface area contributed by atoms with Crippen molar-refractivity contribution in [2.24, 2.45) is 11.8 Å². The number of carbonyl (C=O) groups excluding carboxylic acids is 1. The normalized spacial score (nSPS) is 21.8. The van der Waals surface area contributed by atoms with Crippen molar-refractivity contribution in [2.75, 3.05) is 26.2 Å². The van der Waals surface area contributed by atoms with Crippen LogP contribution in [0.25, 0.3) is 5.65 Å². The van der Waals surface area contributed by atoms with E-state index in [1.807, 2.05) is 24.8 Å². The van der Waals surface area contributed by atoms with Gasteiger partial charge in [0.2, 0.25) is 0 Å². The molecule has 146 valence electrons. The topological polar surface area (TPSA) is 53.7 Å². The molecule has 1 unspecified atom stereocenters. The minimum absolute atomic E-state index is 0.0708. The molecule has 27 heavy (non-hydrogen) atoms. The van der Waals surface area contributed by atoms with Gasteiger partial charge in [-0.1, -0.05) is 13.8 Å². The quantitative estimate of drug-likeness (QED) is 0.831. The Labute approximate surface area is 161 Å². The minimum atomic E-state index is 0.0708. The summed E-state index contributed by atoms with van der Waals surface area (Å²) < 4.78 is 1.78. The van der Waals surface area contributed by atoms with Gasteiger partial charge in [0.25, 0.3) is 5.91 Å². The van der Waals surface area contributed by atoms with E-state index in [0.29, 0.717) is 23.2 Å². The van der Waals surface area contributed by atoms with E-state index in [9.17, 15) is 4.79 Å². The molecule has 1 atom stereocenters. The van der Waals surface area contributed by atoms with Gasteiger partial charge in [-0.15, -0.1) is 0 Å². The number of aryl methyl sites for hydroxylation is 2. The first kappa shape index (κ1) is 18.4. The van der Waals surface area contributed by atoms with Crippen LogP contribution in [-0.2, 0) is 0 Å². The summed E-state index contributed by atoms with van der Waals surface area (Å²) in [5.74, 6) is 1.48. The van der Waals surface area contributed by atoms with Crippen LogP contribution in [0.2, 0.25) is 0 Å². The van der Waals surface area contributed by atoms with Gasteiger partial charge in [0.1, 0.15) is 5.56 Å². The second kappa shape index (κ2) is 7.23. The van der Waals surface area contributed by atoms with E-state index in [1.54, 1.807) is 10.7 Å². The third-order valence-corrected chi connectivity index (χ3v) is 6.00. The predicted octanol–water partition coefficient (Wildman–Crippen LogP) is 2.93. The van der Waals surface area contributed by atoms with Crippen molar-refractivity contribution in [3.05, 3.63) is 29.2 Å². The zero-order valence-corrected chi connectivity index (χ0v) is 17.0. The maximum Gasteiger partial charge on any atom is 0.259 e. The average Bonchev–Trinajstić information content (AvgIpc) is 3.36. The Morgan fingerprint density at radius 1 is 1.26 bits per heavy atom. The fourth-order valence-electron chi connectivity index (χ4n) is 4.33. The molecule has 1 saturated heterocycles. The second-order valence-corrected chi connectivity index (χ2v) is 8.69. The molecule has 1 aliphatic carbocycles. The first-order valence-electron chi connectivity index (χ1n) is 10.3. The summed E-state index contributed by atoms with van der Waals surface area (Å²) in [7, 11) is 0. The van der Waals surface area contributed by atoms with Gasteiger partial charge < -0.3 is 4.90 Å². The van der Waals surface area contributed by atoms with Gasteiger partial charge in [0, 0.05) is 43.6 Å². The molecule has 4 rings (SSSR count). The smallest absolute Gasteiger partial charge is 0.259 e. The Morgan fingerprint density at radius 3 is 2.74 bits per heavy atom. The third-order valence-electron chi connectivity index (χ3n) is 6.00. The number of fused-ring (bicyclic) bond motifs is 1. The Balaban J connectivity index is 1.59. The first-order valence-corrected chi connectivity index (χ1v) is 10.3. The predicted molar refractivity (Wildman–Crippen MR) is 106 cm³/mol. The molecule has 2 fully saturated rings. The maximum atomic E-state index is 13.4. The van der Waals surface area contributed by atoms with Crippen molar-refractivity contribution in [1.82, 2.24) is 24.4 Å². The highest BCUT2D eigenvalue weighted by Crippen LogP contribution is 2.32. The molecule has 2 aromatic heterocycles. The van der Waals surface area contributed by atoms with Crippen molar-refractivity contribution in [2.45, 2.75) is 53.0 Å². The van der Waals surface area contributed by atoms with Crippen LogP contribution in [0.3, 0.4) is 0 Å². The van der Waals surface area contributed by atoms with Crippen LogP contribution in [0.4, 0.5) is 0 Å². The highest BCUT2D eigenvalue weighted by atomic mass is 16.2. The van der Waals surface area contributed by atoms with Crippen molar-refractivity contribution in [3.63, 3.8) is 0 Å². The molecule has 0 bridgehead atoms. The van der Waals surface area contributed by atoms with Crippen molar-refractivity contribution in [1.29, 1.82) is 0 Å². The molecule has 1 aliphatic heterocycles. The van der Waals surface area contributed by atoms with Crippen LogP contribution in [-0.4, -0.2) is 62.5 Å². The molecular weight excluding hydrogens is 338 g/mol. The monoisotopic (exact) mass is 369 g/mol. The fraction of sp³-hybridized carbons (Fsp3) is 0.667. The van der Waals surface area contributed by atoms with E-state index < -0.39 is 0 Å². The number of hydrogen-bond acceptors (Lipinski definition) is 4. The summed E-state index contributed by atoms with van der Waals surface area (Å²) in [6.07, 6.45) is 5.47. The van der Waals surface area contributed by atoms with Crippen LogP contribution >= 0.6 is 0 Å². The molecule has 0 aromatic carbocycles. The summed E-state index contributed by atoms with van der Waals surface area (Å²) in [4.78, 5) is 22.6. The number of rotatable bonds is 4. The van der Waals surface area contributed by atoms with E-state index in [-0.39, 0.29) is 5.91 Å². The summed E-state index contributed by atoms with van der Waals surface area (Å²) >= 11 is 0. The van der Waals surface area contributed by atoms with Gasteiger partial charge >= 0.3 is 0 Å². The third kappa shape index (κ3) is 3.72. The minimum Gasteiger partial charge on any atom is -0.337 e. The molecule has 2 aliphatic rings. The summed E-state index contributed by atoms with van der Waals surface area (Å²) in [6.45, 7) is 12.4. The van der Waals surface area contributed by atoms with Gasteiger partial charge in [-0.25, -0.2) is 9.50 Å². The lowest BCUT2D eigenvalue weighted by Gasteiger charge is -2.34. The standard InChI is InChI=1S/C21H31N5O/c1-14(2)19-13-25(9-5-8-24(19)12-17-6-7-17)21(27)18-11-22-26-16(4)10-15(3)23-20(18)26/h10-11,14,17,19H,5-9,12-13H2,1-4H3. The van der Waals surface area contributed by atoms with E-state index >= 15 is 0 Å². The highest BCUT2D eigenvalue weighted by molar-refractivity contribution is 5.99. The summed E-state index contributed by atoms with van der Waals surface area (Å²) in [5.41, 5.74) is 3.22. The van der Waals surface area contributed by atoms with Gasteiger partial charge in [-0.2, -0.15) is 5.10 Å². The van der Waals surface area contributed by atoms with Gasteiger partial charge in [-0.3, -0.25) is 9.69 Å². The van der Waals surface area contributed by atoms with Crippen LogP contribution in [0.5, 0.6) is 0 Å². The lowest BCUT2D eigenvalue weighted by molar-refractivity contribution is 0.0706. The van der Waals surface area contributed by atoms with Crippen LogP contribution in [0.15, 0.2) is 12.3 Å². The molecule has 3 heterocycles. The molecule has 1 saturated carbocycles. The number of nitrogens with zero attached hydrogens (tertiary/aromatic N) is 5. The van der Waals surface area contributed by atoms with E-state index in [0.717, 1.165) is 43.4 Å². The molecule has 6 nitrogen and oxygen atoms in total. The average molecular weight is 370 g/mol. The van der Waals surface area contributed by atoms with Crippen molar-refractivity contribution in [3.8, 4) is 0 Å². The summed E-state index contributed by atoms with van der Waals surface area (Å²) in [5, 5.41) is 4.41. The Kier molecular flexibility index (Phi) is 4.93. The van der Waals surface area contributed by atoms with Gasteiger partial charge in [0.15, 0.2) is 5.65 Å². The molecule has 6 heteroatoms. The van der Waals surface area contributed by atoms with E-state index in [2.05, 4.69) is 28.8 Å². The SMILES string of the molecule is Cc1cc(C)n2ncc(C(=O)N3CCCN(CC4CC4)C(C(C)C)C3)c2n1. The Hall–Kier alpha value is -1.95. The van der Waals surface area contributed by atoms with E-state index in [1.165, 1.54) is 19.4 Å². The van der Waals surface area contributed by atoms with E-state index in [4.69, 9.17) is 0 Å². The first-order chi connectivity index (χ1) is 12.9. The van der Waals surface area contributed by atoms with Gasteiger partial charge in [0.05, 0.1) is 6.20 Å². The number of hydrogen-bond donors (Lipinski definition) is 0. The largest absolute Gasteiger partial charge is 0.337 e. The Bertz CT molecular complexity index is 838. The number of aromatic nitrogens is 3. The van der Waals surface area contributed by atoms with Crippen LogP contribution in [0, 0.1) is 25.7 Å². The van der Waals surface area contributed by atoms with Crippen LogP contribution < -0.4 is 0 Å². The lowest BCUT2D eigenvalue weighted by atomic mass is 10.0. The lowest BCUT2D eigenvalue weighted by Crippen LogP contribution is -2.46. The molecule has 1 amide bonds. The zero-order chi connectivity index (χ0) is 19.1.